The number of carbonyl (C=O) groups excluding carboxylic acids is 1. The van der Waals surface area contributed by atoms with Crippen LogP contribution in [0.3, 0.4) is 0 Å². The number of para-hydroxylation sites is 1. The van der Waals surface area contributed by atoms with Crippen molar-refractivity contribution < 1.29 is 19.0 Å². The lowest BCUT2D eigenvalue weighted by Crippen LogP contribution is -2.16. The summed E-state index contributed by atoms with van der Waals surface area (Å²) in [7, 11) is 3.19. The molecule has 4 aromatic rings. The highest BCUT2D eigenvalue weighted by molar-refractivity contribution is 7.07. The number of anilines is 1. The van der Waals surface area contributed by atoms with Gasteiger partial charge in [0.2, 0.25) is 0 Å². The molecule has 0 fully saturated rings. The molecule has 32 heavy (non-hydrogen) atoms. The van der Waals surface area contributed by atoms with E-state index in [1.165, 1.54) is 11.3 Å². The molecule has 2 aromatic heterocycles. The first-order valence-corrected chi connectivity index (χ1v) is 10.7. The second-order valence-corrected chi connectivity index (χ2v) is 7.50. The zero-order valence-corrected chi connectivity index (χ0v) is 18.5. The molecule has 0 radical (unpaired) electrons. The molecule has 0 aliphatic heterocycles. The van der Waals surface area contributed by atoms with Crippen molar-refractivity contribution in [2.45, 2.75) is 13.2 Å². The van der Waals surface area contributed by atoms with Crippen LogP contribution in [-0.4, -0.2) is 34.9 Å². The summed E-state index contributed by atoms with van der Waals surface area (Å²) >= 11 is 1.51. The van der Waals surface area contributed by atoms with Crippen molar-refractivity contribution in [3.8, 4) is 17.2 Å². The first-order chi connectivity index (χ1) is 15.7. The van der Waals surface area contributed by atoms with Crippen molar-refractivity contribution in [3.05, 3.63) is 82.4 Å². The smallest absolute Gasteiger partial charge is 0.256 e. The van der Waals surface area contributed by atoms with Crippen LogP contribution < -0.4 is 19.5 Å². The summed E-state index contributed by atoms with van der Waals surface area (Å²) in [6, 6.07) is 14.4. The molecule has 4 rings (SSSR count). The summed E-state index contributed by atoms with van der Waals surface area (Å²) < 4.78 is 18.3. The van der Waals surface area contributed by atoms with Crippen LogP contribution in [0.25, 0.3) is 0 Å². The first kappa shape index (κ1) is 21.4. The Labute approximate surface area is 189 Å². The fourth-order valence-electron chi connectivity index (χ4n) is 3.19. The number of hydrogen-bond acceptors (Lipinski definition) is 7. The zero-order chi connectivity index (χ0) is 22.3. The van der Waals surface area contributed by atoms with Gasteiger partial charge in [0.25, 0.3) is 5.91 Å². The van der Waals surface area contributed by atoms with Gasteiger partial charge >= 0.3 is 0 Å². The second kappa shape index (κ2) is 9.97. The quantitative estimate of drug-likeness (QED) is 0.411. The lowest BCUT2D eigenvalue weighted by Gasteiger charge is -2.14. The summed E-state index contributed by atoms with van der Waals surface area (Å²) in [6.07, 6.45) is 1.63. The maximum Gasteiger partial charge on any atom is 0.256 e. The van der Waals surface area contributed by atoms with Gasteiger partial charge in [-0.15, -0.1) is 11.3 Å². The summed E-state index contributed by atoms with van der Waals surface area (Å²) in [5.74, 6) is 2.17. The Hall–Kier alpha value is -3.85. The highest BCUT2D eigenvalue weighted by Crippen LogP contribution is 2.31. The fraction of sp³-hybridized carbons (Fsp3) is 0.174. The number of nitrogens with zero attached hydrogens (tertiary/aromatic N) is 3. The van der Waals surface area contributed by atoms with Crippen LogP contribution >= 0.6 is 11.3 Å². The van der Waals surface area contributed by atoms with Crippen molar-refractivity contribution in [3.63, 3.8) is 0 Å². The average molecular weight is 451 g/mol. The Morgan fingerprint density at radius 3 is 2.78 bits per heavy atom. The molecule has 0 saturated carbocycles. The van der Waals surface area contributed by atoms with Gasteiger partial charge in [-0.25, -0.2) is 9.67 Å². The summed E-state index contributed by atoms with van der Waals surface area (Å²) in [6.45, 7) is 0.753. The number of thiazole rings is 1. The van der Waals surface area contributed by atoms with Crippen LogP contribution in [-0.2, 0) is 13.2 Å². The van der Waals surface area contributed by atoms with E-state index in [2.05, 4.69) is 15.4 Å². The second-order valence-electron chi connectivity index (χ2n) is 6.78. The van der Waals surface area contributed by atoms with E-state index in [4.69, 9.17) is 14.2 Å². The molecule has 164 valence electrons. The number of ether oxygens (including phenoxy) is 3. The Morgan fingerprint density at radius 1 is 1.12 bits per heavy atom. The standard InChI is InChI=1S/C23H22N4O4S/c1-29-20-8-4-6-17(22(20)30-2)12-27-21(9-10-25-27)26-23(28)16-5-3-7-19(11-16)31-13-18-14-32-15-24-18/h3-11,14-15H,12-13H2,1-2H3,(H,26,28). The van der Waals surface area contributed by atoms with Gasteiger partial charge in [0.15, 0.2) is 11.5 Å². The van der Waals surface area contributed by atoms with Crippen LogP contribution in [0.5, 0.6) is 17.2 Å². The third-order valence-electron chi connectivity index (χ3n) is 4.73. The number of benzene rings is 2. The lowest BCUT2D eigenvalue weighted by atomic mass is 10.2. The van der Waals surface area contributed by atoms with Crippen molar-refractivity contribution in [1.29, 1.82) is 0 Å². The van der Waals surface area contributed by atoms with Crippen LogP contribution in [0.1, 0.15) is 21.6 Å². The molecule has 1 amide bonds. The Morgan fingerprint density at radius 2 is 2.00 bits per heavy atom. The highest BCUT2D eigenvalue weighted by Gasteiger charge is 2.14. The molecular weight excluding hydrogens is 428 g/mol. The molecule has 2 aromatic carbocycles. The van der Waals surface area contributed by atoms with Gasteiger partial charge in [-0.05, 0) is 24.3 Å². The van der Waals surface area contributed by atoms with Gasteiger partial charge in [-0.2, -0.15) is 5.10 Å². The van der Waals surface area contributed by atoms with Crippen LogP contribution in [0, 0.1) is 0 Å². The predicted octanol–water partition coefficient (Wildman–Crippen LogP) is 4.24. The minimum atomic E-state index is -0.261. The van der Waals surface area contributed by atoms with Crippen molar-refractivity contribution in [2.24, 2.45) is 0 Å². The van der Waals surface area contributed by atoms with E-state index in [9.17, 15) is 4.79 Å². The summed E-state index contributed by atoms with van der Waals surface area (Å²) in [4.78, 5) is 17.1. The molecule has 0 bridgehead atoms. The maximum atomic E-state index is 12.9. The Balaban J connectivity index is 1.46. The minimum absolute atomic E-state index is 0.261. The number of amides is 1. The minimum Gasteiger partial charge on any atom is -0.493 e. The largest absolute Gasteiger partial charge is 0.493 e. The molecular formula is C23H22N4O4S. The monoisotopic (exact) mass is 450 g/mol. The fourth-order valence-corrected chi connectivity index (χ4v) is 3.73. The third kappa shape index (κ3) is 4.89. The molecule has 0 atom stereocenters. The Kier molecular flexibility index (Phi) is 6.66. The lowest BCUT2D eigenvalue weighted by molar-refractivity contribution is 0.102. The number of aromatic nitrogens is 3. The summed E-state index contributed by atoms with van der Waals surface area (Å²) in [5.41, 5.74) is 3.96. The van der Waals surface area contributed by atoms with Crippen molar-refractivity contribution in [1.82, 2.24) is 14.8 Å². The van der Waals surface area contributed by atoms with E-state index in [1.54, 1.807) is 54.9 Å². The third-order valence-corrected chi connectivity index (χ3v) is 5.36. The number of methoxy groups -OCH3 is 2. The Bertz CT molecular complexity index is 1190. The van der Waals surface area contributed by atoms with E-state index in [0.29, 0.717) is 41.8 Å². The zero-order valence-electron chi connectivity index (χ0n) is 17.6. The van der Waals surface area contributed by atoms with Gasteiger partial charge in [-0.3, -0.25) is 4.79 Å². The number of rotatable bonds is 9. The number of nitrogens with one attached hydrogen (secondary N) is 1. The highest BCUT2D eigenvalue weighted by atomic mass is 32.1. The maximum absolute atomic E-state index is 12.9. The average Bonchev–Trinajstić information content (AvgIpc) is 3.50. The van der Waals surface area contributed by atoms with Crippen LogP contribution in [0.15, 0.2) is 65.6 Å². The summed E-state index contributed by atoms with van der Waals surface area (Å²) in [5, 5.41) is 9.18. The van der Waals surface area contributed by atoms with E-state index in [-0.39, 0.29) is 5.91 Å². The molecule has 9 heteroatoms. The van der Waals surface area contributed by atoms with Gasteiger partial charge < -0.3 is 19.5 Å². The van der Waals surface area contributed by atoms with E-state index < -0.39 is 0 Å². The van der Waals surface area contributed by atoms with E-state index in [0.717, 1.165) is 11.3 Å². The molecule has 1 N–H and O–H groups in total. The van der Waals surface area contributed by atoms with E-state index in [1.807, 2.05) is 29.6 Å². The van der Waals surface area contributed by atoms with Crippen molar-refractivity contribution in [2.75, 3.05) is 19.5 Å². The topological polar surface area (TPSA) is 87.5 Å². The van der Waals surface area contributed by atoms with Gasteiger partial charge in [0.05, 0.1) is 38.2 Å². The van der Waals surface area contributed by atoms with Gasteiger partial charge in [-0.1, -0.05) is 18.2 Å². The predicted molar refractivity (Wildman–Crippen MR) is 122 cm³/mol. The molecule has 8 nitrogen and oxygen atoms in total. The van der Waals surface area contributed by atoms with Crippen LogP contribution in [0.4, 0.5) is 5.82 Å². The van der Waals surface area contributed by atoms with Crippen molar-refractivity contribution >= 4 is 23.1 Å². The number of carbonyl (C=O) groups is 1. The number of hydrogen-bond donors (Lipinski definition) is 1. The molecule has 0 aliphatic carbocycles. The normalized spacial score (nSPS) is 10.6. The molecule has 0 spiro atoms. The first-order valence-electron chi connectivity index (χ1n) is 9.81. The molecule has 2 heterocycles. The van der Waals surface area contributed by atoms with Gasteiger partial charge in [0.1, 0.15) is 18.2 Å². The van der Waals surface area contributed by atoms with Gasteiger partial charge in [0, 0.05) is 22.6 Å². The SMILES string of the molecule is COc1cccc(Cn2nccc2NC(=O)c2cccc(OCc3cscn3)c2)c1OC. The molecule has 0 aliphatic rings. The molecule has 0 saturated heterocycles. The molecule has 0 unspecified atom stereocenters. The van der Waals surface area contributed by atoms with E-state index >= 15 is 0 Å². The van der Waals surface area contributed by atoms with Crippen LogP contribution in [0.2, 0.25) is 0 Å².